The van der Waals surface area contributed by atoms with Crippen molar-refractivity contribution >= 4 is 13.7 Å². The van der Waals surface area contributed by atoms with Crippen LogP contribution in [-0.4, -0.2) is 0 Å². The molecule has 36 heavy (non-hydrogen) atoms. The van der Waals surface area contributed by atoms with Crippen LogP contribution in [0.5, 0.6) is 34.5 Å². The van der Waals surface area contributed by atoms with Gasteiger partial charge in [-0.2, -0.15) is 0 Å². The zero-order valence-corrected chi connectivity index (χ0v) is 19.9. The van der Waals surface area contributed by atoms with Gasteiger partial charge in [0.15, 0.2) is 0 Å². The lowest BCUT2D eigenvalue weighted by atomic mass is 9.62. The van der Waals surface area contributed by atoms with Gasteiger partial charge >= 0.3 is 8.38 Å². The molecule has 0 saturated heterocycles. The van der Waals surface area contributed by atoms with Crippen LogP contribution in [0, 0.1) is 0 Å². The van der Waals surface area contributed by atoms with Crippen LogP contribution in [0.1, 0.15) is 22.3 Å². The van der Waals surface area contributed by atoms with E-state index in [0.717, 1.165) is 62.1 Å². The first-order valence-electron chi connectivity index (χ1n) is 11.9. The molecule has 0 amide bonds. The van der Waals surface area contributed by atoms with Crippen molar-refractivity contribution in [2.75, 3.05) is 0 Å². The molecule has 0 N–H and O–H groups in total. The number of fused-ring (bicyclic) bond motifs is 2. The topological polar surface area (TPSA) is 36.9 Å². The zero-order valence-electron chi connectivity index (χ0n) is 19.0. The molecule has 0 radical (unpaired) electrons. The van der Waals surface area contributed by atoms with E-state index >= 15 is 0 Å². The molecule has 5 aromatic carbocycles. The van der Waals surface area contributed by atoms with Crippen LogP contribution in [0.4, 0.5) is 0 Å². The maximum absolute atomic E-state index is 6.77. The Morgan fingerprint density at radius 2 is 0.861 bits per heavy atom. The van der Waals surface area contributed by atoms with Gasteiger partial charge in [-0.25, -0.2) is 0 Å². The maximum Gasteiger partial charge on any atom is 0.326 e. The molecule has 5 heteroatoms. The normalized spacial score (nSPS) is 15.7. The first-order valence-corrected chi connectivity index (χ1v) is 13.0. The monoisotopic (exact) mass is 486 g/mol. The molecule has 0 bridgehead atoms. The van der Waals surface area contributed by atoms with E-state index < -0.39 is 13.8 Å². The first kappa shape index (κ1) is 20.0. The van der Waals surface area contributed by atoms with Crippen LogP contribution >= 0.6 is 8.38 Å². The fraction of sp³-hybridized carbons (Fsp3) is 0.0323. The van der Waals surface area contributed by atoms with Crippen LogP contribution in [0.3, 0.4) is 0 Å². The molecular weight excluding hydrogens is 467 g/mol. The Morgan fingerprint density at radius 1 is 0.417 bits per heavy atom. The minimum atomic E-state index is -1.46. The summed E-state index contributed by atoms with van der Waals surface area (Å²) in [6.45, 7) is 0. The third kappa shape index (κ3) is 2.57. The standard InChI is InChI=1S/C31H19O4P/c1-2-10-20(11-3-1)36-34-27-18-8-16-25-29(27)31(21-12-4-6-14-23(21)32-25)22-13-5-7-15-24(22)33-26-17-9-19-28(35-36)30(26)31/h1-19H. The van der Waals surface area contributed by atoms with E-state index in [-0.39, 0.29) is 0 Å². The van der Waals surface area contributed by atoms with E-state index in [1.807, 2.05) is 91.0 Å². The van der Waals surface area contributed by atoms with Crippen molar-refractivity contribution in [2.24, 2.45) is 0 Å². The van der Waals surface area contributed by atoms with Crippen LogP contribution in [0.25, 0.3) is 0 Å². The lowest BCUT2D eigenvalue weighted by molar-refractivity contribution is 0.376. The molecule has 3 heterocycles. The fourth-order valence-electron chi connectivity index (χ4n) is 5.71. The van der Waals surface area contributed by atoms with Gasteiger partial charge in [0.05, 0.1) is 21.8 Å². The number of hydrogen-bond acceptors (Lipinski definition) is 4. The van der Waals surface area contributed by atoms with Gasteiger partial charge in [0.1, 0.15) is 34.5 Å². The van der Waals surface area contributed by atoms with Crippen LogP contribution in [0.15, 0.2) is 115 Å². The van der Waals surface area contributed by atoms with Gasteiger partial charge < -0.3 is 18.5 Å². The minimum Gasteiger partial charge on any atom is -0.457 e. The van der Waals surface area contributed by atoms with E-state index in [4.69, 9.17) is 18.5 Å². The van der Waals surface area contributed by atoms with Crippen molar-refractivity contribution in [3.63, 3.8) is 0 Å². The number of rotatable bonds is 1. The molecular formula is C31H19O4P. The summed E-state index contributed by atoms with van der Waals surface area (Å²) in [7, 11) is -1.46. The molecule has 0 atom stereocenters. The molecule has 1 spiro atoms. The van der Waals surface area contributed by atoms with E-state index in [2.05, 4.69) is 24.3 Å². The van der Waals surface area contributed by atoms with E-state index in [1.54, 1.807) is 0 Å². The Labute approximate surface area is 209 Å². The molecule has 172 valence electrons. The molecule has 5 aromatic rings. The van der Waals surface area contributed by atoms with Gasteiger partial charge in [-0.15, -0.1) is 0 Å². The summed E-state index contributed by atoms with van der Waals surface area (Å²) >= 11 is 0. The average molecular weight is 486 g/mol. The van der Waals surface area contributed by atoms with E-state index in [9.17, 15) is 0 Å². The summed E-state index contributed by atoms with van der Waals surface area (Å²) in [5.41, 5.74) is 3.28. The van der Waals surface area contributed by atoms with Crippen LogP contribution < -0.4 is 23.8 Å². The summed E-state index contributed by atoms with van der Waals surface area (Å²) in [4.78, 5) is 0. The van der Waals surface area contributed by atoms with Gasteiger partial charge in [-0.1, -0.05) is 66.7 Å². The second-order valence-electron chi connectivity index (χ2n) is 8.98. The summed E-state index contributed by atoms with van der Waals surface area (Å²) in [5.74, 6) is 4.65. The second-order valence-corrected chi connectivity index (χ2v) is 10.4. The third-order valence-corrected chi connectivity index (χ3v) is 8.52. The average Bonchev–Trinajstić information content (AvgIpc) is 2.92. The Morgan fingerprint density at radius 3 is 1.42 bits per heavy atom. The molecule has 3 aliphatic heterocycles. The number of benzene rings is 5. The highest BCUT2D eigenvalue weighted by Gasteiger charge is 2.55. The van der Waals surface area contributed by atoms with Gasteiger partial charge in [-0.05, 0) is 48.5 Å². The van der Waals surface area contributed by atoms with E-state index in [0.29, 0.717) is 0 Å². The highest BCUT2D eigenvalue weighted by Crippen LogP contribution is 2.67. The van der Waals surface area contributed by atoms with E-state index in [1.165, 1.54) is 0 Å². The Bertz CT molecular complexity index is 1560. The SMILES string of the molecule is c1ccc(P2Oc3cccc4c3C3(c5ccccc5O4)c4ccccc4Oc4cccc(c43)O2)cc1. The summed E-state index contributed by atoms with van der Waals surface area (Å²) in [6.07, 6.45) is 0. The Hall–Kier alpha value is -4.27. The first-order chi connectivity index (χ1) is 17.8. The molecule has 0 unspecified atom stereocenters. The minimum absolute atomic E-state index is 0.736. The van der Waals surface area contributed by atoms with Crippen molar-refractivity contribution in [3.05, 3.63) is 138 Å². The third-order valence-electron chi connectivity index (χ3n) is 7.08. The Balaban J connectivity index is 1.55. The summed E-state index contributed by atoms with van der Waals surface area (Å²) in [6, 6.07) is 38.6. The quantitative estimate of drug-likeness (QED) is 0.223. The molecule has 4 nitrogen and oxygen atoms in total. The zero-order chi connectivity index (χ0) is 23.7. The van der Waals surface area contributed by atoms with Gasteiger partial charge in [0, 0.05) is 11.1 Å². The Kier molecular flexibility index (Phi) is 4.09. The largest absolute Gasteiger partial charge is 0.457 e. The molecule has 0 aromatic heterocycles. The van der Waals surface area contributed by atoms with Crippen molar-refractivity contribution in [1.82, 2.24) is 0 Å². The molecule has 0 fully saturated rings. The molecule has 8 rings (SSSR count). The van der Waals surface area contributed by atoms with Crippen LogP contribution in [-0.2, 0) is 5.41 Å². The van der Waals surface area contributed by atoms with Crippen molar-refractivity contribution < 1.29 is 18.5 Å². The number of hydrogen-bond donors (Lipinski definition) is 0. The predicted octanol–water partition coefficient (Wildman–Crippen LogP) is 7.69. The molecule has 3 aliphatic rings. The van der Waals surface area contributed by atoms with Crippen LogP contribution in [0.2, 0.25) is 0 Å². The second kappa shape index (κ2) is 7.36. The van der Waals surface area contributed by atoms with Gasteiger partial charge in [0.2, 0.25) is 0 Å². The van der Waals surface area contributed by atoms with Gasteiger partial charge in [-0.3, -0.25) is 0 Å². The lowest BCUT2D eigenvalue weighted by Crippen LogP contribution is -2.38. The maximum atomic E-state index is 6.77. The predicted molar refractivity (Wildman–Crippen MR) is 139 cm³/mol. The van der Waals surface area contributed by atoms with Gasteiger partial charge in [0.25, 0.3) is 0 Å². The summed E-state index contributed by atoms with van der Waals surface area (Å²) in [5, 5.41) is 0.990. The van der Waals surface area contributed by atoms with Crippen molar-refractivity contribution in [2.45, 2.75) is 5.41 Å². The number of ether oxygens (including phenoxy) is 2. The van der Waals surface area contributed by atoms with Crippen molar-refractivity contribution in [1.29, 1.82) is 0 Å². The van der Waals surface area contributed by atoms with Crippen molar-refractivity contribution in [3.8, 4) is 34.5 Å². The highest BCUT2D eigenvalue weighted by molar-refractivity contribution is 7.56. The lowest BCUT2D eigenvalue weighted by Gasteiger charge is -2.46. The number of para-hydroxylation sites is 2. The molecule has 0 aliphatic carbocycles. The fourth-order valence-corrected chi connectivity index (χ4v) is 7.04. The highest BCUT2D eigenvalue weighted by atomic mass is 31.2. The smallest absolute Gasteiger partial charge is 0.326 e. The molecule has 0 saturated carbocycles. The summed E-state index contributed by atoms with van der Waals surface area (Å²) < 4.78 is 26.6.